The minimum absolute atomic E-state index is 0.123. The van der Waals surface area contributed by atoms with Gasteiger partial charge in [-0.05, 0) is 24.6 Å². The number of benzene rings is 1. The molecule has 1 saturated heterocycles. The molecular weight excluding hydrogens is 479 g/mol. The van der Waals surface area contributed by atoms with E-state index in [0.717, 1.165) is 29.8 Å². The largest absolute Gasteiger partial charge is 0.490 e. The summed E-state index contributed by atoms with van der Waals surface area (Å²) >= 11 is 0. The summed E-state index contributed by atoms with van der Waals surface area (Å²) in [5, 5.41) is 7.12. The molecule has 1 aromatic carbocycles. The molecule has 1 aliphatic rings. The van der Waals surface area contributed by atoms with Crippen molar-refractivity contribution in [2.75, 3.05) is 20.1 Å². The summed E-state index contributed by atoms with van der Waals surface area (Å²) in [6, 6.07) is 13.0. The SMILES string of the molecule is CC1C(=O)N(C)CCN1Cc1ccc(-c2nc(-c3cccnc3)cc(=O)[nH]2)cc1.O=C(O)C(F)(F)F. The molecule has 9 nitrogen and oxygen atoms in total. The highest BCUT2D eigenvalue weighted by atomic mass is 19.4. The molecule has 1 fully saturated rings. The van der Waals surface area contributed by atoms with Crippen LogP contribution in [-0.2, 0) is 16.1 Å². The number of halogens is 3. The van der Waals surface area contributed by atoms with Gasteiger partial charge in [0.25, 0.3) is 5.56 Å². The quantitative estimate of drug-likeness (QED) is 0.562. The van der Waals surface area contributed by atoms with Gasteiger partial charge in [0.15, 0.2) is 0 Å². The van der Waals surface area contributed by atoms with Crippen LogP contribution in [0.3, 0.4) is 0 Å². The molecule has 12 heteroatoms. The van der Waals surface area contributed by atoms with Crippen molar-refractivity contribution in [2.45, 2.75) is 25.7 Å². The number of rotatable bonds is 4. The first kappa shape index (κ1) is 26.5. The minimum atomic E-state index is -5.08. The van der Waals surface area contributed by atoms with Gasteiger partial charge < -0.3 is 15.0 Å². The summed E-state index contributed by atoms with van der Waals surface area (Å²) in [5.74, 6) is -2.08. The number of amides is 1. The number of aromatic amines is 1. The van der Waals surface area contributed by atoms with Gasteiger partial charge in [-0.3, -0.25) is 19.5 Å². The molecule has 0 saturated carbocycles. The van der Waals surface area contributed by atoms with E-state index in [-0.39, 0.29) is 17.5 Å². The van der Waals surface area contributed by atoms with Crippen molar-refractivity contribution in [3.05, 3.63) is 70.8 Å². The van der Waals surface area contributed by atoms with Gasteiger partial charge in [0.1, 0.15) is 5.82 Å². The van der Waals surface area contributed by atoms with Crippen LogP contribution in [0.15, 0.2) is 59.7 Å². The monoisotopic (exact) mass is 503 g/mol. The summed E-state index contributed by atoms with van der Waals surface area (Å²) in [6.45, 7) is 4.26. The van der Waals surface area contributed by atoms with Gasteiger partial charge in [-0.15, -0.1) is 0 Å². The lowest BCUT2D eigenvalue weighted by atomic mass is 10.1. The fourth-order valence-electron chi connectivity index (χ4n) is 3.53. The van der Waals surface area contributed by atoms with E-state index in [1.807, 2.05) is 50.4 Å². The average Bonchev–Trinajstić information content (AvgIpc) is 2.85. The number of carboxylic acid groups (broad SMARTS) is 1. The van der Waals surface area contributed by atoms with Crippen LogP contribution in [0, 0.1) is 0 Å². The van der Waals surface area contributed by atoms with Gasteiger partial charge in [-0.2, -0.15) is 13.2 Å². The number of pyridine rings is 1. The van der Waals surface area contributed by atoms with Crippen LogP contribution in [0.1, 0.15) is 12.5 Å². The van der Waals surface area contributed by atoms with E-state index >= 15 is 0 Å². The molecule has 1 atom stereocenters. The maximum atomic E-state index is 12.2. The normalized spacial score (nSPS) is 16.3. The Kier molecular flexibility index (Phi) is 8.20. The lowest BCUT2D eigenvalue weighted by molar-refractivity contribution is -0.192. The Morgan fingerprint density at radius 3 is 2.39 bits per heavy atom. The van der Waals surface area contributed by atoms with Crippen molar-refractivity contribution in [3.8, 4) is 22.6 Å². The molecule has 36 heavy (non-hydrogen) atoms. The molecule has 1 unspecified atom stereocenters. The average molecular weight is 503 g/mol. The van der Waals surface area contributed by atoms with E-state index in [4.69, 9.17) is 9.90 Å². The molecule has 4 rings (SSSR count). The molecule has 1 aliphatic heterocycles. The fraction of sp³-hybridized carbons (Fsp3) is 0.292. The van der Waals surface area contributed by atoms with E-state index in [1.54, 1.807) is 17.3 Å². The highest BCUT2D eigenvalue weighted by molar-refractivity contribution is 5.82. The first-order chi connectivity index (χ1) is 17.0. The number of piperazine rings is 1. The third-order valence-electron chi connectivity index (χ3n) is 5.56. The number of aliphatic carboxylic acids is 1. The number of carbonyl (C=O) groups is 2. The smallest absolute Gasteiger partial charge is 0.475 e. The number of nitrogens with one attached hydrogen (secondary N) is 1. The Balaban J connectivity index is 0.000000454. The van der Waals surface area contributed by atoms with Gasteiger partial charge >= 0.3 is 12.1 Å². The Morgan fingerprint density at radius 1 is 1.14 bits per heavy atom. The molecular formula is C24H24F3N5O4. The Morgan fingerprint density at radius 2 is 1.81 bits per heavy atom. The van der Waals surface area contributed by atoms with E-state index in [9.17, 15) is 22.8 Å². The summed E-state index contributed by atoms with van der Waals surface area (Å²) in [7, 11) is 1.85. The summed E-state index contributed by atoms with van der Waals surface area (Å²) in [5.41, 5.74) is 3.13. The van der Waals surface area contributed by atoms with E-state index < -0.39 is 12.1 Å². The van der Waals surface area contributed by atoms with Crippen LogP contribution in [0.25, 0.3) is 22.6 Å². The number of carbonyl (C=O) groups excluding carboxylic acids is 1. The van der Waals surface area contributed by atoms with Crippen LogP contribution >= 0.6 is 0 Å². The van der Waals surface area contributed by atoms with Crippen molar-refractivity contribution < 1.29 is 27.9 Å². The predicted octanol–water partition coefficient (Wildman–Crippen LogP) is 2.79. The molecule has 0 spiro atoms. The zero-order chi connectivity index (χ0) is 26.5. The maximum absolute atomic E-state index is 12.2. The number of carboxylic acids is 1. The predicted molar refractivity (Wildman–Crippen MR) is 125 cm³/mol. The molecule has 0 bridgehead atoms. The number of H-pyrrole nitrogens is 1. The number of alkyl halides is 3. The Hall–Kier alpha value is -4.06. The topological polar surface area (TPSA) is 119 Å². The van der Waals surface area contributed by atoms with Crippen molar-refractivity contribution in [1.29, 1.82) is 0 Å². The van der Waals surface area contributed by atoms with Crippen LogP contribution in [-0.4, -0.2) is 74.1 Å². The fourth-order valence-corrected chi connectivity index (χ4v) is 3.53. The zero-order valence-corrected chi connectivity index (χ0v) is 19.5. The van der Waals surface area contributed by atoms with Gasteiger partial charge in [0.2, 0.25) is 5.91 Å². The molecule has 1 amide bonds. The first-order valence-corrected chi connectivity index (χ1v) is 10.9. The number of hydrogen-bond donors (Lipinski definition) is 2. The van der Waals surface area contributed by atoms with Gasteiger partial charge in [0.05, 0.1) is 11.7 Å². The third-order valence-corrected chi connectivity index (χ3v) is 5.56. The van der Waals surface area contributed by atoms with Crippen LogP contribution in [0.2, 0.25) is 0 Å². The van der Waals surface area contributed by atoms with Crippen molar-refractivity contribution >= 4 is 11.9 Å². The zero-order valence-electron chi connectivity index (χ0n) is 19.5. The van der Waals surface area contributed by atoms with E-state index in [0.29, 0.717) is 18.1 Å². The number of nitrogens with zero attached hydrogens (tertiary/aromatic N) is 4. The lowest BCUT2D eigenvalue weighted by Gasteiger charge is -2.37. The third kappa shape index (κ3) is 6.75. The summed E-state index contributed by atoms with van der Waals surface area (Å²) < 4.78 is 31.7. The van der Waals surface area contributed by atoms with E-state index in [1.165, 1.54) is 6.07 Å². The molecule has 2 aromatic heterocycles. The Bertz CT molecular complexity index is 1260. The Labute approximate surface area is 204 Å². The standard InChI is InChI=1S/C22H23N5O2.C2HF3O2/c1-15-22(29)26(2)10-11-27(15)14-16-5-7-17(8-6-16)21-24-19(12-20(28)25-21)18-4-3-9-23-13-18;3-2(4,5)1(6)7/h3-9,12-13,15H,10-11,14H2,1-2H3,(H,24,25,28);(H,6,7). The van der Waals surface area contributed by atoms with Gasteiger partial charge in [-0.1, -0.05) is 24.3 Å². The summed E-state index contributed by atoms with van der Waals surface area (Å²) in [6.07, 6.45) is -1.71. The number of likely N-dealkylation sites (N-methyl/N-ethyl adjacent to an activating group) is 1. The highest BCUT2D eigenvalue weighted by Gasteiger charge is 2.38. The van der Waals surface area contributed by atoms with Crippen molar-refractivity contribution in [2.24, 2.45) is 0 Å². The minimum Gasteiger partial charge on any atom is -0.475 e. The molecule has 0 radical (unpaired) electrons. The highest BCUT2D eigenvalue weighted by Crippen LogP contribution is 2.21. The second-order valence-corrected chi connectivity index (χ2v) is 8.13. The second-order valence-electron chi connectivity index (χ2n) is 8.13. The van der Waals surface area contributed by atoms with E-state index in [2.05, 4.69) is 19.9 Å². The maximum Gasteiger partial charge on any atom is 0.490 e. The lowest BCUT2D eigenvalue weighted by Crippen LogP contribution is -2.53. The van der Waals surface area contributed by atoms with Crippen LogP contribution in [0.4, 0.5) is 13.2 Å². The number of hydrogen-bond acceptors (Lipinski definition) is 6. The molecule has 0 aliphatic carbocycles. The molecule has 190 valence electrons. The van der Waals surface area contributed by atoms with Gasteiger partial charge in [-0.25, -0.2) is 9.78 Å². The van der Waals surface area contributed by atoms with Crippen molar-refractivity contribution in [3.63, 3.8) is 0 Å². The van der Waals surface area contributed by atoms with Gasteiger partial charge in [0, 0.05) is 56.3 Å². The summed E-state index contributed by atoms with van der Waals surface area (Å²) in [4.78, 5) is 48.7. The first-order valence-electron chi connectivity index (χ1n) is 10.9. The molecule has 2 N–H and O–H groups in total. The molecule has 3 aromatic rings. The second kappa shape index (κ2) is 11.1. The van der Waals surface area contributed by atoms with Crippen molar-refractivity contribution in [1.82, 2.24) is 24.8 Å². The van der Waals surface area contributed by atoms with Crippen LogP contribution in [0.5, 0.6) is 0 Å². The number of aromatic nitrogens is 3. The van der Waals surface area contributed by atoms with Crippen LogP contribution < -0.4 is 5.56 Å². The molecule has 3 heterocycles.